The molecule has 0 bridgehead atoms. The van der Waals surface area contributed by atoms with Crippen LogP contribution in [0.25, 0.3) is 0 Å². The molecule has 0 aromatic rings. The first-order chi connectivity index (χ1) is 4.52. The molecule has 0 fully saturated rings. The van der Waals surface area contributed by atoms with Gasteiger partial charge in [0.15, 0.2) is 0 Å². The standard InChI is InChI=1S/C6H12O4/c1-6(9,4-7)3-5(8)10-2/h7,9H,3-4H2,1-2H3. The minimum Gasteiger partial charge on any atom is -0.469 e. The molecule has 2 N–H and O–H groups in total. The number of hydrogen-bond acceptors (Lipinski definition) is 4. The minimum atomic E-state index is -1.35. The maximum absolute atomic E-state index is 10.5. The second-order valence-electron chi connectivity index (χ2n) is 2.41. The van der Waals surface area contributed by atoms with Gasteiger partial charge in [0.05, 0.1) is 25.7 Å². The summed E-state index contributed by atoms with van der Waals surface area (Å²) in [6, 6.07) is 0. The van der Waals surface area contributed by atoms with Crippen LogP contribution in [0, 0.1) is 0 Å². The van der Waals surface area contributed by atoms with E-state index in [0.717, 1.165) is 0 Å². The first-order valence-corrected chi connectivity index (χ1v) is 2.92. The van der Waals surface area contributed by atoms with Crippen LogP contribution < -0.4 is 0 Å². The number of aliphatic hydroxyl groups is 2. The van der Waals surface area contributed by atoms with Gasteiger partial charge in [0.2, 0.25) is 0 Å². The van der Waals surface area contributed by atoms with E-state index in [2.05, 4.69) is 4.74 Å². The Morgan fingerprint density at radius 3 is 2.50 bits per heavy atom. The lowest BCUT2D eigenvalue weighted by Gasteiger charge is -2.17. The van der Waals surface area contributed by atoms with Gasteiger partial charge in [0.25, 0.3) is 0 Å². The second kappa shape index (κ2) is 3.53. The van der Waals surface area contributed by atoms with Crippen molar-refractivity contribution in [2.45, 2.75) is 18.9 Å². The summed E-state index contributed by atoms with van der Waals surface area (Å²) in [7, 11) is 1.23. The van der Waals surface area contributed by atoms with Crippen molar-refractivity contribution in [3.63, 3.8) is 0 Å². The third-order valence-corrected chi connectivity index (χ3v) is 1.09. The minimum absolute atomic E-state index is 0.181. The van der Waals surface area contributed by atoms with Crippen LogP contribution in [0.4, 0.5) is 0 Å². The van der Waals surface area contributed by atoms with Crippen LogP contribution in [0.2, 0.25) is 0 Å². The van der Waals surface area contributed by atoms with Gasteiger partial charge in [-0.3, -0.25) is 4.79 Å². The zero-order valence-electron chi connectivity index (χ0n) is 6.13. The highest BCUT2D eigenvalue weighted by Crippen LogP contribution is 2.07. The number of carbonyl (C=O) groups is 1. The van der Waals surface area contributed by atoms with E-state index in [9.17, 15) is 4.79 Å². The molecule has 0 aliphatic carbocycles. The smallest absolute Gasteiger partial charge is 0.308 e. The summed E-state index contributed by atoms with van der Waals surface area (Å²) >= 11 is 0. The third-order valence-electron chi connectivity index (χ3n) is 1.09. The van der Waals surface area contributed by atoms with Gasteiger partial charge in [-0.05, 0) is 6.92 Å². The molecular formula is C6H12O4. The second-order valence-corrected chi connectivity index (χ2v) is 2.41. The molecule has 4 heteroatoms. The highest BCUT2D eigenvalue weighted by molar-refractivity contribution is 5.70. The highest BCUT2D eigenvalue weighted by atomic mass is 16.5. The summed E-state index contributed by atoms with van der Waals surface area (Å²) in [6.07, 6.45) is -0.181. The van der Waals surface area contributed by atoms with E-state index in [1.54, 1.807) is 0 Å². The summed E-state index contributed by atoms with van der Waals surface area (Å²) in [6.45, 7) is 0.923. The lowest BCUT2D eigenvalue weighted by molar-refractivity contribution is -0.147. The Morgan fingerprint density at radius 1 is 1.70 bits per heavy atom. The Kier molecular flexibility index (Phi) is 3.32. The fourth-order valence-electron chi connectivity index (χ4n) is 0.439. The molecule has 1 unspecified atom stereocenters. The number of carbonyl (C=O) groups excluding carboxylic acids is 1. The molecular weight excluding hydrogens is 136 g/mol. The van der Waals surface area contributed by atoms with Gasteiger partial charge in [0.1, 0.15) is 0 Å². The fraction of sp³-hybridized carbons (Fsp3) is 0.833. The molecule has 0 aliphatic heterocycles. The summed E-state index contributed by atoms with van der Waals surface area (Å²) in [5, 5.41) is 17.6. The molecule has 0 rings (SSSR count). The van der Waals surface area contributed by atoms with E-state index < -0.39 is 18.2 Å². The maximum atomic E-state index is 10.5. The Labute approximate surface area is 59.4 Å². The maximum Gasteiger partial charge on any atom is 0.308 e. The molecule has 10 heavy (non-hydrogen) atoms. The van der Waals surface area contributed by atoms with E-state index in [4.69, 9.17) is 10.2 Å². The largest absolute Gasteiger partial charge is 0.469 e. The van der Waals surface area contributed by atoms with Crippen molar-refractivity contribution in [2.75, 3.05) is 13.7 Å². The van der Waals surface area contributed by atoms with Crippen molar-refractivity contribution in [1.82, 2.24) is 0 Å². The van der Waals surface area contributed by atoms with Crippen LogP contribution in [0.3, 0.4) is 0 Å². The molecule has 0 saturated carbocycles. The Hall–Kier alpha value is -0.610. The quantitative estimate of drug-likeness (QED) is 0.519. The zero-order chi connectivity index (χ0) is 8.20. The van der Waals surface area contributed by atoms with E-state index in [-0.39, 0.29) is 6.42 Å². The van der Waals surface area contributed by atoms with Crippen molar-refractivity contribution < 1.29 is 19.7 Å². The molecule has 0 aliphatic rings. The molecule has 0 radical (unpaired) electrons. The number of methoxy groups -OCH3 is 1. The van der Waals surface area contributed by atoms with Gasteiger partial charge < -0.3 is 14.9 Å². The number of esters is 1. The van der Waals surface area contributed by atoms with E-state index >= 15 is 0 Å². The van der Waals surface area contributed by atoms with E-state index in [1.165, 1.54) is 14.0 Å². The fourth-order valence-corrected chi connectivity index (χ4v) is 0.439. The molecule has 0 heterocycles. The van der Waals surface area contributed by atoms with Crippen LogP contribution >= 0.6 is 0 Å². The SMILES string of the molecule is COC(=O)CC(C)(O)CO. The number of hydrogen-bond donors (Lipinski definition) is 2. The van der Waals surface area contributed by atoms with Crippen molar-refractivity contribution in [1.29, 1.82) is 0 Å². The highest BCUT2D eigenvalue weighted by Gasteiger charge is 2.23. The lowest BCUT2D eigenvalue weighted by Crippen LogP contribution is -2.32. The molecule has 0 amide bonds. The summed E-state index contributed by atoms with van der Waals surface area (Å²) in [4.78, 5) is 10.5. The van der Waals surface area contributed by atoms with Crippen molar-refractivity contribution in [3.05, 3.63) is 0 Å². The average molecular weight is 148 g/mol. The predicted molar refractivity (Wildman–Crippen MR) is 34.3 cm³/mol. The Morgan fingerprint density at radius 2 is 2.20 bits per heavy atom. The molecule has 60 valence electrons. The van der Waals surface area contributed by atoms with Gasteiger partial charge in [-0.15, -0.1) is 0 Å². The first-order valence-electron chi connectivity index (χ1n) is 2.92. The van der Waals surface area contributed by atoms with Gasteiger partial charge in [-0.2, -0.15) is 0 Å². The zero-order valence-corrected chi connectivity index (χ0v) is 6.13. The topological polar surface area (TPSA) is 66.8 Å². The predicted octanol–water partition coefficient (Wildman–Crippen LogP) is -0.707. The molecule has 0 aromatic carbocycles. The molecule has 0 saturated heterocycles. The van der Waals surface area contributed by atoms with Crippen LogP contribution in [0.5, 0.6) is 0 Å². The molecule has 0 spiro atoms. The number of rotatable bonds is 3. The van der Waals surface area contributed by atoms with Crippen molar-refractivity contribution in [2.24, 2.45) is 0 Å². The number of aliphatic hydroxyl groups excluding tert-OH is 1. The summed E-state index contributed by atoms with van der Waals surface area (Å²) in [5.74, 6) is -0.529. The van der Waals surface area contributed by atoms with Gasteiger partial charge in [-0.1, -0.05) is 0 Å². The van der Waals surface area contributed by atoms with E-state index in [1.807, 2.05) is 0 Å². The van der Waals surface area contributed by atoms with Gasteiger partial charge in [-0.25, -0.2) is 0 Å². The van der Waals surface area contributed by atoms with E-state index in [0.29, 0.717) is 0 Å². The van der Waals surface area contributed by atoms with Gasteiger partial charge >= 0.3 is 5.97 Å². The first kappa shape index (κ1) is 9.39. The summed E-state index contributed by atoms with van der Waals surface area (Å²) in [5.41, 5.74) is -1.35. The Balaban J connectivity index is 3.76. The summed E-state index contributed by atoms with van der Waals surface area (Å²) < 4.78 is 4.28. The Bertz CT molecular complexity index is 119. The van der Waals surface area contributed by atoms with Crippen LogP contribution in [0.15, 0.2) is 0 Å². The normalized spacial score (nSPS) is 16.0. The van der Waals surface area contributed by atoms with Crippen LogP contribution in [0.1, 0.15) is 13.3 Å². The monoisotopic (exact) mass is 148 g/mol. The average Bonchev–Trinajstić information content (AvgIpc) is 1.87. The lowest BCUT2D eigenvalue weighted by atomic mass is 10.0. The molecule has 0 aromatic heterocycles. The van der Waals surface area contributed by atoms with Crippen molar-refractivity contribution >= 4 is 5.97 Å². The van der Waals surface area contributed by atoms with Crippen LogP contribution in [-0.2, 0) is 9.53 Å². The molecule has 1 atom stereocenters. The molecule has 4 nitrogen and oxygen atoms in total. The van der Waals surface area contributed by atoms with Gasteiger partial charge in [0, 0.05) is 0 Å². The van der Waals surface area contributed by atoms with Crippen molar-refractivity contribution in [3.8, 4) is 0 Å². The van der Waals surface area contributed by atoms with Crippen LogP contribution in [-0.4, -0.2) is 35.5 Å². The third kappa shape index (κ3) is 3.42. The number of ether oxygens (including phenoxy) is 1.